The van der Waals surface area contributed by atoms with Crippen molar-refractivity contribution >= 4 is 23.4 Å². The maximum atomic E-state index is 6.12. The largest absolute Gasteiger partial charge is 0.457 e. The van der Waals surface area contributed by atoms with E-state index in [1.165, 1.54) is 16.7 Å². The molecule has 0 saturated carbocycles. The molecule has 0 amide bonds. The molecule has 4 rings (SSSR count). The van der Waals surface area contributed by atoms with Crippen LogP contribution < -0.4 is 4.74 Å². The lowest BCUT2D eigenvalue weighted by Gasteiger charge is -2.19. The minimum absolute atomic E-state index is 0.139. The van der Waals surface area contributed by atoms with E-state index in [1.54, 1.807) is 0 Å². The van der Waals surface area contributed by atoms with Crippen LogP contribution in [0.3, 0.4) is 0 Å². The van der Waals surface area contributed by atoms with Gasteiger partial charge in [0.2, 0.25) is 0 Å². The first-order valence-corrected chi connectivity index (χ1v) is 10.7. The Balaban J connectivity index is 1.51. The van der Waals surface area contributed by atoms with E-state index >= 15 is 0 Å². The van der Waals surface area contributed by atoms with Gasteiger partial charge in [-0.15, -0.1) is 0 Å². The fourth-order valence-electron chi connectivity index (χ4n) is 3.52. The molecule has 1 heterocycles. The summed E-state index contributed by atoms with van der Waals surface area (Å²) in [6.07, 6.45) is 5.08. The fourth-order valence-corrected chi connectivity index (χ4v) is 3.65. The number of fused-ring (bicyclic) bond motifs is 1. The Labute approximate surface area is 183 Å². The summed E-state index contributed by atoms with van der Waals surface area (Å²) in [6.45, 7) is 7.43. The summed E-state index contributed by atoms with van der Waals surface area (Å²) < 4.78 is 6.12. The van der Waals surface area contributed by atoms with Gasteiger partial charge < -0.3 is 4.74 Å². The Kier molecular flexibility index (Phi) is 5.78. The van der Waals surface area contributed by atoms with E-state index in [2.05, 4.69) is 57.2 Å². The van der Waals surface area contributed by atoms with E-state index in [0.29, 0.717) is 0 Å². The molecule has 2 nitrogen and oxygen atoms in total. The van der Waals surface area contributed by atoms with Crippen LogP contribution in [0.2, 0.25) is 5.02 Å². The first-order valence-electron chi connectivity index (χ1n) is 10.3. The third-order valence-corrected chi connectivity index (χ3v) is 5.53. The fraction of sp³-hybridized carbons (Fsp3) is 0.222. The average Bonchev–Trinajstić information content (AvgIpc) is 2.73. The molecule has 0 unspecified atom stereocenters. The number of hydrogen-bond acceptors (Lipinski definition) is 2. The summed E-state index contributed by atoms with van der Waals surface area (Å²) in [5.74, 6) is 1.72. The van der Waals surface area contributed by atoms with Gasteiger partial charge in [0.15, 0.2) is 0 Å². The van der Waals surface area contributed by atoms with Crippen molar-refractivity contribution in [3.05, 3.63) is 100 Å². The molecule has 0 spiro atoms. The number of allylic oxidation sites excluding steroid dienone is 1. The van der Waals surface area contributed by atoms with Crippen molar-refractivity contribution in [1.82, 2.24) is 0 Å². The Morgan fingerprint density at radius 2 is 1.57 bits per heavy atom. The topological polar surface area (TPSA) is 21.6 Å². The van der Waals surface area contributed by atoms with E-state index in [0.717, 1.165) is 40.8 Å². The van der Waals surface area contributed by atoms with E-state index < -0.39 is 0 Å². The van der Waals surface area contributed by atoms with Crippen molar-refractivity contribution in [1.29, 1.82) is 0 Å². The van der Waals surface area contributed by atoms with Crippen LogP contribution in [0.25, 0.3) is 6.08 Å². The lowest BCUT2D eigenvalue weighted by Crippen LogP contribution is -2.11. The zero-order valence-electron chi connectivity index (χ0n) is 17.7. The molecule has 1 aliphatic heterocycles. The van der Waals surface area contributed by atoms with Crippen LogP contribution in [0, 0.1) is 0 Å². The summed E-state index contributed by atoms with van der Waals surface area (Å²) in [5.41, 5.74) is 5.99. The molecule has 0 fully saturated rings. The molecule has 0 bridgehead atoms. The molecule has 0 saturated heterocycles. The number of ether oxygens (including phenoxy) is 1. The van der Waals surface area contributed by atoms with Gasteiger partial charge in [0.1, 0.15) is 11.5 Å². The molecule has 0 atom stereocenters. The highest BCUT2D eigenvalue weighted by Crippen LogP contribution is 2.29. The molecule has 30 heavy (non-hydrogen) atoms. The Morgan fingerprint density at radius 1 is 0.867 bits per heavy atom. The van der Waals surface area contributed by atoms with Crippen LogP contribution in [0.1, 0.15) is 43.0 Å². The second-order valence-corrected chi connectivity index (χ2v) is 9.03. The highest BCUT2D eigenvalue weighted by molar-refractivity contribution is 6.30. The second kappa shape index (κ2) is 8.49. The number of halogens is 1. The summed E-state index contributed by atoms with van der Waals surface area (Å²) in [6, 6.07) is 22.4. The molecule has 0 aromatic heterocycles. The van der Waals surface area contributed by atoms with Gasteiger partial charge in [-0.2, -0.15) is 0 Å². The third kappa shape index (κ3) is 4.83. The van der Waals surface area contributed by atoms with Crippen LogP contribution in [0.4, 0.5) is 0 Å². The molecule has 152 valence electrons. The van der Waals surface area contributed by atoms with Crippen LogP contribution >= 0.6 is 11.6 Å². The maximum Gasteiger partial charge on any atom is 0.127 e. The monoisotopic (exact) mass is 415 g/mol. The van der Waals surface area contributed by atoms with E-state index in [4.69, 9.17) is 21.3 Å². The normalized spacial score (nSPS) is 13.8. The zero-order valence-corrected chi connectivity index (χ0v) is 18.4. The van der Waals surface area contributed by atoms with Gasteiger partial charge in [-0.05, 0) is 77.1 Å². The molecular formula is C27H26ClNO. The zero-order chi connectivity index (χ0) is 21.1. The molecule has 3 heteroatoms. The van der Waals surface area contributed by atoms with Crippen molar-refractivity contribution in [3.8, 4) is 11.5 Å². The molecule has 0 N–H and O–H groups in total. The van der Waals surface area contributed by atoms with Gasteiger partial charge in [-0.1, -0.05) is 62.7 Å². The smallest absolute Gasteiger partial charge is 0.127 e. The van der Waals surface area contributed by atoms with Gasteiger partial charge in [0, 0.05) is 17.1 Å². The van der Waals surface area contributed by atoms with Crippen LogP contribution in [0.15, 0.2) is 77.8 Å². The summed E-state index contributed by atoms with van der Waals surface area (Å²) >= 11 is 5.97. The van der Waals surface area contributed by atoms with E-state index in [9.17, 15) is 0 Å². The lowest BCUT2D eigenvalue weighted by molar-refractivity contribution is 0.480. The van der Waals surface area contributed by atoms with Crippen LogP contribution in [0.5, 0.6) is 11.5 Å². The quantitative estimate of drug-likeness (QED) is 0.432. The van der Waals surface area contributed by atoms with Crippen molar-refractivity contribution in [2.24, 2.45) is 4.99 Å². The average molecular weight is 416 g/mol. The van der Waals surface area contributed by atoms with Crippen LogP contribution in [-0.4, -0.2) is 12.3 Å². The van der Waals surface area contributed by atoms with Crippen molar-refractivity contribution in [3.63, 3.8) is 0 Å². The molecule has 3 aromatic rings. The first kappa shape index (κ1) is 20.4. The minimum atomic E-state index is 0.139. The van der Waals surface area contributed by atoms with Crippen molar-refractivity contribution < 1.29 is 4.74 Å². The molecule has 1 aliphatic rings. The number of hydrogen-bond donors (Lipinski definition) is 0. The van der Waals surface area contributed by atoms with Crippen molar-refractivity contribution in [2.45, 2.75) is 32.6 Å². The lowest BCUT2D eigenvalue weighted by atomic mass is 9.87. The maximum absolute atomic E-state index is 6.12. The Morgan fingerprint density at radius 3 is 2.27 bits per heavy atom. The van der Waals surface area contributed by atoms with Crippen LogP contribution in [-0.2, 0) is 11.8 Å². The Bertz CT molecular complexity index is 1090. The van der Waals surface area contributed by atoms with Gasteiger partial charge in [0.05, 0.1) is 5.71 Å². The standard InChI is InChI=1S/C27H26ClNO/c1-27(2,3)21-7-11-23(12-8-21)30-24-13-14-25-20(18-24)16-17-29-26(25)15-6-19-4-9-22(28)10-5-19/h4-15,18H,16-17H2,1-3H3. The van der Waals surface area contributed by atoms with Gasteiger partial charge in [-0.25, -0.2) is 0 Å². The van der Waals surface area contributed by atoms with E-state index in [1.807, 2.05) is 42.5 Å². The number of rotatable bonds is 4. The summed E-state index contributed by atoms with van der Waals surface area (Å²) in [5, 5.41) is 0.744. The summed E-state index contributed by atoms with van der Waals surface area (Å²) in [7, 11) is 0. The molecule has 0 aliphatic carbocycles. The number of aliphatic imine (C=N–C) groups is 1. The molecule has 3 aromatic carbocycles. The van der Waals surface area contributed by atoms with Gasteiger partial charge in [0.25, 0.3) is 0 Å². The van der Waals surface area contributed by atoms with E-state index in [-0.39, 0.29) is 5.41 Å². The van der Waals surface area contributed by atoms with Gasteiger partial charge >= 0.3 is 0 Å². The SMILES string of the molecule is CC(C)(C)c1ccc(Oc2ccc3c(c2)CCN=C3C=Cc2ccc(Cl)cc2)cc1. The van der Waals surface area contributed by atoms with Crippen molar-refractivity contribution in [2.75, 3.05) is 6.54 Å². The molecular weight excluding hydrogens is 390 g/mol. The number of nitrogens with zero attached hydrogens (tertiary/aromatic N) is 1. The number of benzene rings is 3. The predicted molar refractivity (Wildman–Crippen MR) is 127 cm³/mol. The van der Waals surface area contributed by atoms with Gasteiger partial charge in [-0.3, -0.25) is 4.99 Å². The highest BCUT2D eigenvalue weighted by Gasteiger charge is 2.15. The Hall–Kier alpha value is -2.84. The predicted octanol–water partition coefficient (Wildman–Crippen LogP) is 7.49. The second-order valence-electron chi connectivity index (χ2n) is 8.60. The highest BCUT2D eigenvalue weighted by atomic mass is 35.5. The minimum Gasteiger partial charge on any atom is -0.457 e. The summed E-state index contributed by atoms with van der Waals surface area (Å²) in [4.78, 5) is 4.71. The third-order valence-electron chi connectivity index (χ3n) is 5.28. The molecule has 0 radical (unpaired) electrons. The first-order chi connectivity index (χ1) is 14.4.